The topological polar surface area (TPSA) is 218 Å². The van der Waals surface area contributed by atoms with Gasteiger partial charge in [-0.15, -0.1) is 0 Å². The average Bonchev–Trinajstić information content (AvgIpc) is 2.61. The van der Waals surface area contributed by atoms with Crippen LogP contribution in [-0.2, 0) is 32.2 Å². The van der Waals surface area contributed by atoms with Crippen molar-refractivity contribution in [3.8, 4) is 0 Å². The first-order valence-electron chi connectivity index (χ1n) is 8.35. The highest BCUT2D eigenvalue weighted by Gasteiger charge is 2.03. The van der Waals surface area contributed by atoms with E-state index in [9.17, 15) is 0 Å². The van der Waals surface area contributed by atoms with E-state index in [-0.39, 0.29) is 37.0 Å². The third kappa shape index (κ3) is 8.63. The van der Waals surface area contributed by atoms with E-state index in [4.69, 9.17) is 41.9 Å². The molecule has 14 nitrogen and oxygen atoms in total. The number of nitrogens with zero attached hydrogens (tertiary/aromatic N) is 6. The molecule has 0 unspecified atom stereocenters. The molecule has 0 fully saturated rings. The molecule has 2 aromatic rings. The lowest BCUT2D eigenvalue weighted by molar-refractivity contribution is -0.00741. The van der Waals surface area contributed by atoms with Crippen molar-refractivity contribution in [2.45, 2.75) is 13.2 Å². The van der Waals surface area contributed by atoms with Crippen molar-refractivity contribution in [2.24, 2.45) is 0 Å². The maximum absolute atomic E-state index is 5.47. The summed E-state index contributed by atoms with van der Waals surface area (Å²) in [5.74, 6) is 0.983. The second kappa shape index (κ2) is 11.7. The van der Waals surface area contributed by atoms with Crippen LogP contribution in [-0.4, -0.2) is 69.5 Å². The molecule has 8 N–H and O–H groups in total. The second-order valence-corrected chi connectivity index (χ2v) is 5.27. The molecule has 154 valence electrons. The Hall–Kier alpha value is -2.94. The Labute approximate surface area is 161 Å². The van der Waals surface area contributed by atoms with Crippen LogP contribution in [0.3, 0.4) is 0 Å². The van der Waals surface area contributed by atoms with Crippen LogP contribution in [0.15, 0.2) is 0 Å². The fourth-order valence-corrected chi connectivity index (χ4v) is 1.93. The maximum Gasteiger partial charge on any atom is 0.225 e. The molecule has 0 saturated heterocycles. The molecule has 0 spiro atoms. The molecular formula is C14H24N10O4. The van der Waals surface area contributed by atoms with Crippen LogP contribution in [0.1, 0.15) is 11.6 Å². The van der Waals surface area contributed by atoms with Crippen molar-refractivity contribution in [2.75, 3.05) is 62.6 Å². The van der Waals surface area contributed by atoms with Crippen LogP contribution in [0.2, 0.25) is 0 Å². The van der Waals surface area contributed by atoms with Gasteiger partial charge in [0.15, 0.2) is 11.6 Å². The minimum atomic E-state index is 0.0602. The quantitative estimate of drug-likeness (QED) is 0.273. The highest BCUT2D eigenvalue weighted by Crippen LogP contribution is 2.01. The first-order valence-corrected chi connectivity index (χ1v) is 8.35. The number of aromatic nitrogens is 6. The Morgan fingerprint density at radius 3 is 1.04 bits per heavy atom. The smallest absolute Gasteiger partial charge is 0.225 e. The second-order valence-electron chi connectivity index (χ2n) is 5.27. The SMILES string of the molecule is Nc1nc(N)nc(COCCOCCOCCOCc2nc(N)nc(N)n2)n1. The lowest BCUT2D eigenvalue weighted by atomic mass is 10.6. The van der Waals surface area contributed by atoms with Crippen LogP contribution < -0.4 is 22.9 Å². The average molecular weight is 396 g/mol. The maximum atomic E-state index is 5.47. The molecule has 0 amide bonds. The summed E-state index contributed by atoms with van der Waals surface area (Å²) in [6.07, 6.45) is 0. The van der Waals surface area contributed by atoms with Crippen LogP contribution in [0.4, 0.5) is 23.8 Å². The third-order valence-electron chi connectivity index (χ3n) is 3.01. The number of hydrogen-bond donors (Lipinski definition) is 4. The van der Waals surface area contributed by atoms with E-state index in [1.54, 1.807) is 0 Å². The number of rotatable bonds is 13. The number of nitrogens with two attached hydrogens (primary N) is 4. The molecule has 2 aromatic heterocycles. The Morgan fingerprint density at radius 2 is 0.714 bits per heavy atom. The van der Waals surface area contributed by atoms with E-state index in [0.29, 0.717) is 51.3 Å². The van der Waals surface area contributed by atoms with Gasteiger partial charge in [-0.2, -0.15) is 29.9 Å². The van der Waals surface area contributed by atoms with E-state index >= 15 is 0 Å². The van der Waals surface area contributed by atoms with Crippen molar-refractivity contribution >= 4 is 23.8 Å². The van der Waals surface area contributed by atoms with Crippen LogP contribution in [0, 0.1) is 0 Å². The predicted octanol–water partition coefficient (Wildman–Crippen LogP) is -1.85. The van der Waals surface area contributed by atoms with E-state index in [2.05, 4.69) is 29.9 Å². The van der Waals surface area contributed by atoms with Gasteiger partial charge in [-0.1, -0.05) is 0 Å². The van der Waals surface area contributed by atoms with Crippen molar-refractivity contribution < 1.29 is 18.9 Å². The molecular weight excluding hydrogens is 372 g/mol. The van der Waals surface area contributed by atoms with Crippen molar-refractivity contribution in [1.29, 1.82) is 0 Å². The predicted molar refractivity (Wildman–Crippen MR) is 98.3 cm³/mol. The van der Waals surface area contributed by atoms with Crippen molar-refractivity contribution in [3.63, 3.8) is 0 Å². The molecule has 2 rings (SSSR count). The zero-order valence-electron chi connectivity index (χ0n) is 15.3. The van der Waals surface area contributed by atoms with Gasteiger partial charge in [0.25, 0.3) is 0 Å². The number of anilines is 4. The lowest BCUT2D eigenvalue weighted by Crippen LogP contribution is -2.13. The zero-order valence-corrected chi connectivity index (χ0v) is 15.3. The molecule has 0 radical (unpaired) electrons. The molecule has 0 bridgehead atoms. The van der Waals surface area contributed by atoms with Gasteiger partial charge in [0.1, 0.15) is 13.2 Å². The molecule has 0 saturated carbocycles. The summed E-state index contributed by atoms with van der Waals surface area (Å²) in [6, 6.07) is 0. The summed E-state index contributed by atoms with van der Waals surface area (Å²) < 4.78 is 21.5. The Morgan fingerprint density at radius 1 is 0.429 bits per heavy atom. The minimum Gasteiger partial charge on any atom is -0.377 e. The zero-order chi connectivity index (χ0) is 20.2. The largest absolute Gasteiger partial charge is 0.377 e. The van der Waals surface area contributed by atoms with Gasteiger partial charge >= 0.3 is 0 Å². The molecule has 28 heavy (non-hydrogen) atoms. The highest BCUT2D eigenvalue weighted by molar-refractivity contribution is 5.26. The summed E-state index contributed by atoms with van der Waals surface area (Å²) in [5, 5.41) is 0. The molecule has 0 aliphatic heterocycles. The Balaban J connectivity index is 1.40. The van der Waals surface area contributed by atoms with E-state index in [1.165, 1.54) is 0 Å². The van der Waals surface area contributed by atoms with Gasteiger partial charge in [0.05, 0.1) is 39.6 Å². The normalized spacial score (nSPS) is 11.0. The molecule has 14 heteroatoms. The van der Waals surface area contributed by atoms with E-state index in [1.807, 2.05) is 0 Å². The van der Waals surface area contributed by atoms with E-state index in [0.717, 1.165) is 0 Å². The van der Waals surface area contributed by atoms with Gasteiger partial charge < -0.3 is 41.9 Å². The fourth-order valence-electron chi connectivity index (χ4n) is 1.93. The number of ether oxygens (including phenoxy) is 4. The first kappa shape index (κ1) is 21.4. The van der Waals surface area contributed by atoms with Gasteiger partial charge in [-0.05, 0) is 0 Å². The van der Waals surface area contributed by atoms with Crippen LogP contribution >= 0.6 is 0 Å². The third-order valence-corrected chi connectivity index (χ3v) is 3.01. The number of nitrogen functional groups attached to an aromatic ring is 4. The van der Waals surface area contributed by atoms with Gasteiger partial charge in [-0.25, -0.2) is 0 Å². The van der Waals surface area contributed by atoms with Gasteiger partial charge in [0, 0.05) is 0 Å². The van der Waals surface area contributed by atoms with Crippen molar-refractivity contribution in [3.05, 3.63) is 11.6 Å². The summed E-state index contributed by atoms with van der Waals surface area (Å²) in [4.78, 5) is 22.9. The van der Waals surface area contributed by atoms with Crippen LogP contribution in [0.5, 0.6) is 0 Å². The molecule has 0 aliphatic carbocycles. The standard InChI is InChI=1S/C14H24N10O4/c15-11-19-9(20-12(16)23-11)7-27-5-3-25-1-2-26-4-6-28-8-10-21-13(17)24-14(18)22-10/h1-8H2,(H4,15,16,19,20,23)(H4,17,18,21,22,24). The summed E-state index contributed by atoms with van der Waals surface area (Å²) in [6.45, 7) is 2.74. The lowest BCUT2D eigenvalue weighted by Gasteiger charge is -2.07. The molecule has 2 heterocycles. The van der Waals surface area contributed by atoms with Gasteiger partial charge in [-0.3, -0.25) is 0 Å². The van der Waals surface area contributed by atoms with Crippen molar-refractivity contribution in [1.82, 2.24) is 29.9 Å². The monoisotopic (exact) mass is 396 g/mol. The molecule has 0 atom stereocenters. The molecule has 0 aliphatic rings. The highest BCUT2D eigenvalue weighted by atomic mass is 16.6. The van der Waals surface area contributed by atoms with Gasteiger partial charge in [0.2, 0.25) is 23.8 Å². The fraction of sp³-hybridized carbons (Fsp3) is 0.571. The number of hydrogen-bond acceptors (Lipinski definition) is 14. The Kier molecular flexibility index (Phi) is 8.93. The first-order chi connectivity index (χ1) is 13.5. The summed E-state index contributed by atoms with van der Waals surface area (Å²) >= 11 is 0. The van der Waals surface area contributed by atoms with E-state index < -0.39 is 0 Å². The Bertz CT molecular complexity index is 633. The molecule has 0 aromatic carbocycles. The summed E-state index contributed by atoms with van der Waals surface area (Å²) in [5.41, 5.74) is 21.9. The van der Waals surface area contributed by atoms with Crippen LogP contribution in [0.25, 0.3) is 0 Å². The minimum absolute atomic E-state index is 0.0602. The summed E-state index contributed by atoms with van der Waals surface area (Å²) in [7, 11) is 0.